The molecule has 0 bridgehead atoms. The first kappa shape index (κ1) is 9.27. The smallest absolute Gasteiger partial charge is 0.212 e. The number of oxime groups is 1. The normalized spacial score (nSPS) is 18.4. The lowest BCUT2D eigenvalue weighted by atomic mass is 10.0. The molecule has 0 aliphatic carbocycles. The molecule has 1 aromatic rings. The van der Waals surface area contributed by atoms with Gasteiger partial charge in [0.1, 0.15) is 5.71 Å². The summed E-state index contributed by atoms with van der Waals surface area (Å²) in [6.45, 7) is 1.93. The highest BCUT2D eigenvalue weighted by Crippen LogP contribution is 2.29. The number of thioether (sulfide) groups is 1. The number of aryl methyl sites for hydroxylation is 1. The second-order valence-corrected chi connectivity index (χ2v) is 4.18. The van der Waals surface area contributed by atoms with E-state index in [4.69, 9.17) is 5.21 Å². The van der Waals surface area contributed by atoms with Gasteiger partial charge in [-0.25, -0.2) is 0 Å². The summed E-state index contributed by atoms with van der Waals surface area (Å²) in [5.41, 5.74) is 1.92. The van der Waals surface area contributed by atoms with Gasteiger partial charge in [0.25, 0.3) is 0 Å². The number of carbonyl (C=O) groups excluding carboxylic acids is 1. The summed E-state index contributed by atoms with van der Waals surface area (Å²) in [4.78, 5) is 12.7. The predicted octanol–water partition coefficient (Wildman–Crippen LogP) is 2.11. The van der Waals surface area contributed by atoms with Gasteiger partial charge in [0.2, 0.25) is 5.78 Å². The number of carbonyl (C=O) groups is 1. The molecule has 0 aromatic heterocycles. The van der Waals surface area contributed by atoms with Crippen molar-refractivity contribution in [2.75, 3.05) is 5.75 Å². The van der Waals surface area contributed by atoms with Gasteiger partial charge >= 0.3 is 0 Å². The number of nitrogens with zero attached hydrogens (tertiary/aromatic N) is 1. The Kier molecular flexibility index (Phi) is 2.29. The molecule has 3 nitrogen and oxygen atoms in total. The molecule has 1 N–H and O–H groups in total. The molecule has 14 heavy (non-hydrogen) atoms. The van der Waals surface area contributed by atoms with Gasteiger partial charge in [-0.1, -0.05) is 16.8 Å². The molecule has 1 aromatic carbocycles. The maximum atomic E-state index is 11.7. The highest BCUT2D eigenvalue weighted by molar-refractivity contribution is 8.00. The third-order valence-corrected chi connectivity index (χ3v) is 3.21. The van der Waals surface area contributed by atoms with Gasteiger partial charge < -0.3 is 5.21 Å². The molecular weight excluding hydrogens is 198 g/mol. The van der Waals surface area contributed by atoms with Crippen LogP contribution in [0.2, 0.25) is 0 Å². The van der Waals surface area contributed by atoms with E-state index < -0.39 is 0 Å². The van der Waals surface area contributed by atoms with Gasteiger partial charge in [0, 0.05) is 16.2 Å². The highest BCUT2D eigenvalue weighted by Gasteiger charge is 2.24. The van der Waals surface area contributed by atoms with E-state index in [1.54, 1.807) is 0 Å². The summed E-state index contributed by atoms with van der Waals surface area (Å²) in [6.07, 6.45) is 0. The number of benzene rings is 1. The van der Waals surface area contributed by atoms with Crippen molar-refractivity contribution < 1.29 is 10.0 Å². The number of Topliss-reactive ketones (excluding diaryl/α,β-unsaturated/α-hetero) is 1. The van der Waals surface area contributed by atoms with Crippen molar-refractivity contribution in [1.82, 2.24) is 0 Å². The zero-order valence-electron chi connectivity index (χ0n) is 7.65. The Balaban J connectivity index is 2.54. The minimum Gasteiger partial charge on any atom is -0.411 e. The molecule has 0 saturated carbocycles. The van der Waals surface area contributed by atoms with Crippen LogP contribution in [0.3, 0.4) is 0 Å². The molecule has 0 spiro atoms. The van der Waals surface area contributed by atoms with Crippen LogP contribution >= 0.6 is 11.8 Å². The Morgan fingerprint density at radius 1 is 1.50 bits per heavy atom. The molecule has 4 heteroatoms. The zero-order valence-corrected chi connectivity index (χ0v) is 8.47. The molecular formula is C10H9NO2S. The number of hydrogen-bond acceptors (Lipinski definition) is 4. The average Bonchev–Trinajstić information content (AvgIpc) is 2.20. The van der Waals surface area contributed by atoms with E-state index in [2.05, 4.69) is 5.16 Å². The fraction of sp³-hybridized carbons (Fsp3) is 0.200. The fourth-order valence-corrected chi connectivity index (χ4v) is 2.34. The van der Waals surface area contributed by atoms with Gasteiger partial charge in [-0.15, -0.1) is 11.8 Å². The molecule has 0 atom stereocenters. The summed E-state index contributed by atoms with van der Waals surface area (Å²) < 4.78 is 0. The molecule has 0 unspecified atom stereocenters. The van der Waals surface area contributed by atoms with Gasteiger partial charge in [-0.2, -0.15) is 0 Å². The minimum absolute atomic E-state index is 0.162. The molecule has 0 fully saturated rings. The standard InChI is InChI=1S/C10H9NO2S/c1-6-2-3-9-7(4-6)10(12)8(11-13)5-14-9/h2-4,13H,5H2,1H3. The summed E-state index contributed by atoms with van der Waals surface area (Å²) in [6, 6.07) is 5.73. The van der Waals surface area contributed by atoms with Crippen molar-refractivity contribution in [2.45, 2.75) is 11.8 Å². The van der Waals surface area contributed by atoms with Crippen molar-refractivity contribution >= 4 is 23.3 Å². The molecule has 1 aliphatic heterocycles. The van der Waals surface area contributed by atoms with Crippen LogP contribution in [0.1, 0.15) is 15.9 Å². The molecule has 0 amide bonds. The molecule has 2 rings (SSSR count). The SMILES string of the molecule is Cc1ccc2c(c1)C(=O)C(=NO)CS2. The number of fused-ring (bicyclic) bond motifs is 1. The second kappa shape index (κ2) is 3.46. The van der Waals surface area contributed by atoms with E-state index in [1.165, 1.54) is 11.8 Å². The van der Waals surface area contributed by atoms with Crippen LogP contribution in [0.15, 0.2) is 28.3 Å². The van der Waals surface area contributed by atoms with Crippen molar-refractivity contribution in [1.29, 1.82) is 0 Å². The van der Waals surface area contributed by atoms with E-state index in [0.29, 0.717) is 11.3 Å². The predicted molar refractivity (Wildman–Crippen MR) is 55.5 cm³/mol. The largest absolute Gasteiger partial charge is 0.411 e. The van der Waals surface area contributed by atoms with Gasteiger partial charge in [-0.3, -0.25) is 4.79 Å². The van der Waals surface area contributed by atoms with E-state index >= 15 is 0 Å². The Morgan fingerprint density at radius 3 is 3.00 bits per heavy atom. The number of rotatable bonds is 0. The van der Waals surface area contributed by atoms with E-state index in [9.17, 15) is 4.79 Å². The summed E-state index contributed by atoms with van der Waals surface area (Å²) in [5, 5.41) is 11.6. The van der Waals surface area contributed by atoms with Gasteiger partial charge in [0.15, 0.2) is 0 Å². The zero-order chi connectivity index (χ0) is 10.1. The molecule has 0 saturated heterocycles. The van der Waals surface area contributed by atoms with Crippen molar-refractivity contribution in [3.63, 3.8) is 0 Å². The summed E-state index contributed by atoms with van der Waals surface area (Å²) in [7, 11) is 0. The van der Waals surface area contributed by atoms with Gasteiger partial charge in [0.05, 0.1) is 0 Å². The number of hydrogen-bond donors (Lipinski definition) is 1. The average molecular weight is 207 g/mol. The Hall–Kier alpha value is -1.29. The summed E-state index contributed by atoms with van der Waals surface area (Å²) >= 11 is 1.52. The number of ketones is 1. The van der Waals surface area contributed by atoms with Crippen LogP contribution in [-0.2, 0) is 0 Å². The van der Waals surface area contributed by atoms with Crippen LogP contribution < -0.4 is 0 Å². The Bertz CT molecular complexity index is 426. The quantitative estimate of drug-likeness (QED) is 0.523. The lowest BCUT2D eigenvalue weighted by molar-refractivity contribution is 0.105. The maximum absolute atomic E-state index is 11.7. The second-order valence-electron chi connectivity index (χ2n) is 3.16. The van der Waals surface area contributed by atoms with E-state index in [1.807, 2.05) is 25.1 Å². The summed E-state index contributed by atoms with van der Waals surface area (Å²) in [5.74, 6) is 0.288. The molecule has 72 valence electrons. The highest BCUT2D eigenvalue weighted by atomic mass is 32.2. The van der Waals surface area contributed by atoms with Crippen molar-refractivity contribution in [3.8, 4) is 0 Å². The van der Waals surface area contributed by atoms with Crippen LogP contribution in [-0.4, -0.2) is 22.5 Å². The minimum atomic E-state index is -0.162. The lowest BCUT2D eigenvalue weighted by Gasteiger charge is -2.14. The Labute approximate surface area is 85.8 Å². The lowest BCUT2D eigenvalue weighted by Crippen LogP contribution is -2.22. The van der Waals surface area contributed by atoms with Crippen LogP contribution in [0, 0.1) is 6.92 Å². The first-order valence-corrected chi connectivity index (χ1v) is 5.20. The molecule has 1 heterocycles. The molecule has 1 aliphatic rings. The van der Waals surface area contributed by atoms with E-state index in [-0.39, 0.29) is 11.5 Å². The fourth-order valence-electron chi connectivity index (χ4n) is 1.39. The Morgan fingerprint density at radius 2 is 2.29 bits per heavy atom. The first-order valence-electron chi connectivity index (χ1n) is 4.21. The topological polar surface area (TPSA) is 49.7 Å². The van der Waals surface area contributed by atoms with Crippen LogP contribution in [0.4, 0.5) is 0 Å². The van der Waals surface area contributed by atoms with Crippen LogP contribution in [0.5, 0.6) is 0 Å². The monoisotopic (exact) mass is 207 g/mol. The molecule has 0 radical (unpaired) electrons. The van der Waals surface area contributed by atoms with Gasteiger partial charge in [-0.05, 0) is 19.1 Å². The third kappa shape index (κ3) is 1.42. The maximum Gasteiger partial charge on any atom is 0.212 e. The van der Waals surface area contributed by atoms with Crippen molar-refractivity contribution in [3.05, 3.63) is 29.3 Å². The third-order valence-electron chi connectivity index (χ3n) is 2.13. The van der Waals surface area contributed by atoms with Crippen molar-refractivity contribution in [2.24, 2.45) is 5.16 Å². The van der Waals surface area contributed by atoms with E-state index in [0.717, 1.165) is 10.5 Å². The first-order chi connectivity index (χ1) is 6.72. The van der Waals surface area contributed by atoms with Crippen LogP contribution in [0.25, 0.3) is 0 Å².